The third kappa shape index (κ3) is 6.56. The van der Waals surface area contributed by atoms with Crippen LogP contribution in [0.25, 0.3) is 0 Å². The summed E-state index contributed by atoms with van der Waals surface area (Å²) in [6.07, 6.45) is -3.41. The lowest BCUT2D eigenvalue weighted by Crippen LogP contribution is -2.52. The van der Waals surface area contributed by atoms with E-state index in [1.54, 1.807) is 13.8 Å². The van der Waals surface area contributed by atoms with E-state index in [-0.39, 0.29) is 25.5 Å². The van der Waals surface area contributed by atoms with Gasteiger partial charge in [-0.1, -0.05) is 0 Å². The Balaban J connectivity index is 2.30. The molecule has 2 atom stereocenters. The molecule has 0 spiro atoms. The molecule has 0 amide bonds. The largest absolute Gasteiger partial charge is 0.480 e. The van der Waals surface area contributed by atoms with Crippen LogP contribution in [0.4, 0.5) is 13.2 Å². The molecule has 2 N–H and O–H groups in total. The summed E-state index contributed by atoms with van der Waals surface area (Å²) in [5.74, 6) is -0.963. The molecule has 0 aromatic carbocycles. The third-order valence-electron chi connectivity index (χ3n) is 3.27. The summed E-state index contributed by atoms with van der Waals surface area (Å²) >= 11 is 0. The van der Waals surface area contributed by atoms with Gasteiger partial charge in [-0.15, -0.1) is 0 Å². The topological polar surface area (TPSA) is 58.6 Å². The van der Waals surface area contributed by atoms with Gasteiger partial charge in [0.25, 0.3) is 0 Å². The molecule has 0 heterocycles. The van der Waals surface area contributed by atoms with Crippen molar-refractivity contribution in [3.8, 4) is 0 Å². The van der Waals surface area contributed by atoms with Gasteiger partial charge in [0.15, 0.2) is 0 Å². The molecule has 0 radical (unpaired) electrons. The highest BCUT2D eigenvalue weighted by Gasteiger charge is 2.39. The maximum absolute atomic E-state index is 12.0. The van der Waals surface area contributed by atoms with Gasteiger partial charge in [0, 0.05) is 25.5 Å². The minimum Gasteiger partial charge on any atom is -0.480 e. The van der Waals surface area contributed by atoms with E-state index in [0.29, 0.717) is 0 Å². The van der Waals surface area contributed by atoms with E-state index >= 15 is 0 Å². The molecule has 4 nitrogen and oxygen atoms in total. The molecular weight excluding hydrogens is 275 g/mol. The summed E-state index contributed by atoms with van der Waals surface area (Å²) in [4.78, 5) is 11.3. The highest BCUT2D eigenvalue weighted by Crippen LogP contribution is 2.26. The smallest absolute Gasteiger partial charge is 0.389 e. The molecule has 1 saturated carbocycles. The molecule has 7 heteroatoms. The molecule has 1 rings (SSSR count). The predicted octanol–water partition coefficient (Wildman–Crippen LogP) is 2.72. The number of carboxylic acid groups (broad SMARTS) is 1. The number of carboxylic acids is 1. The van der Waals surface area contributed by atoms with Crippen LogP contribution in [0.3, 0.4) is 0 Å². The van der Waals surface area contributed by atoms with Gasteiger partial charge in [-0.3, -0.25) is 10.1 Å². The first-order valence-corrected chi connectivity index (χ1v) is 6.82. The second kappa shape index (κ2) is 6.76. The lowest BCUT2D eigenvalue weighted by Gasteiger charge is -2.29. The quantitative estimate of drug-likeness (QED) is 0.642. The second-order valence-electron chi connectivity index (χ2n) is 5.66. The Bertz CT molecular complexity index is 331. The minimum absolute atomic E-state index is 0.0141. The Kier molecular flexibility index (Phi) is 5.82. The zero-order valence-corrected chi connectivity index (χ0v) is 11.8. The summed E-state index contributed by atoms with van der Waals surface area (Å²) in [6, 6.07) is 0.230. The Morgan fingerprint density at radius 2 is 2.05 bits per heavy atom. The molecule has 0 bridgehead atoms. The molecule has 0 aliphatic heterocycles. The zero-order valence-electron chi connectivity index (χ0n) is 11.8. The fraction of sp³-hybridized carbons (Fsp3) is 0.923. The number of ether oxygens (including phenoxy) is 1. The summed E-state index contributed by atoms with van der Waals surface area (Å²) in [6.45, 7) is 3.26. The van der Waals surface area contributed by atoms with Crippen LogP contribution in [0.2, 0.25) is 0 Å². The molecule has 2 unspecified atom stereocenters. The van der Waals surface area contributed by atoms with E-state index in [9.17, 15) is 23.1 Å². The maximum Gasteiger partial charge on any atom is 0.389 e. The van der Waals surface area contributed by atoms with Crippen molar-refractivity contribution in [2.24, 2.45) is 0 Å². The van der Waals surface area contributed by atoms with Gasteiger partial charge in [0.1, 0.15) is 5.54 Å². The first kappa shape index (κ1) is 17.2. The van der Waals surface area contributed by atoms with Crippen molar-refractivity contribution >= 4 is 5.97 Å². The van der Waals surface area contributed by atoms with Crippen LogP contribution >= 0.6 is 0 Å². The van der Waals surface area contributed by atoms with E-state index in [0.717, 1.165) is 12.8 Å². The second-order valence-corrected chi connectivity index (χ2v) is 5.66. The van der Waals surface area contributed by atoms with Crippen molar-refractivity contribution in [2.45, 2.75) is 69.8 Å². The number of hydrogen-bond donors (Lipinski definition) is 2. The van der Waals surface area contributed by atoms with Crippen LogP contribution < -0.4 is 5.32 Å². The fourth-order valence-corrected chi connectivity index (χ4v) is 2.08. The highest BCUT2D eigenvalue weighted by atomic mass is 19.4. The van der Waals surface area contributed by atoms with E-state index < -0.39 is 30.2 Å². The van der Waals surface area contributed by atoms with Crippen LogP contribution in [0.15, 0.2) is 0 Å². The maximum atomic E-state index is 12.0. The van der Waals surface area contributed by atoms with Crippen LogP contribution in [0.5, 0.6) is 0 Å². The van der Waals surface area contributed by atoms with Crippen LogP contribution in [-0.2, 0) is 9.53 Å². The van der Waals surface area contributed by atoms with Crippen molar-refractivity contribution in [1.82, 2.24) is 5.32 Å². The molecule has 1 fully saturated rings. The SMILES string of the molecule is CC(CC(C)(NC1CC1)C(=O)O)OCCCC(F)(F)F. The molecule has 0 aromatic rings. The number of carbonyl (C=O) groups is 1. The lowest BCUT2D eigenvalue weighted by atomic mass is 9.94. The van der Waals surface area contributed by atoms with Crippen molar-refractivity contribution in [2.75, 3.05) is 6.61 Å². The zero-order chi connectivity index (χ0) is 15.4. The fourth-order valence-electron chi connectivity index (χ4n) is 2.08. The predicted molar refractivity (Wildman–Crippen MR) is 67.5 cm³/mol. The average molecular weight is 297 g/mol. The van der Waals surface area contributed by atoms with Crippen LogP contribution in [0, 0.1) is 0 Å². The molecule has 1 aliphatic carbocycles. The van der Waals surface area contributed by atoms with E-state index in [1.165, 1.54) is 0 Å². The van der Waals surface area contributed by atoms with E-state index in [4.69, 9.17) is 4.74 Å². The van der Waals surface area contributed by atoms with E-state index in [2.05, 4.69) is 5.32 Å². The summed E-state index contributed by atoms with van der Waals surface area (Å²) in [5.41, 5.74) is -1.09. The Morgan fingerprint density at radius 3 is 2.50 bits per heavy atom. The molecule has 1 aliphatic rings. The van der Waals surface area contributed by atoms with Gasteiger partial charge in [-0.2, -0.15) is 13.2 Å². The lowest BCUT2D eigenvalue weighted by molar-refractivity contribution is -0.146. The van der Waals surface area contributed by atoms with Gasteiger partial charge in [0.05, 0.1) is 6.10 Å². The van der Waals surface area contributed by atoms with Crippen LogP contribution in [0.1, 0.15) is 46.0 Å². The summed E-state index contributed by atoms with van der Waals surface area (Å²) in [7, 11) is 0. The number of rotatable bonds is 9. The molecule has 0 saturated heterocycles. The average Bonchev–Trinajstić information content (AvgIpc) is 3.06. The highest BCUT2D eigenvalue weighted by molar-refractivity contribution is 5.78. The Morgan fingerprint density at radius 1 is 1.45 bits per heavy atom. The normalized spacial score (nSPS) is 20.4. The molecule has 0 aromatic heterocycles. The Hall–Kier alpha value is -0.820. The van der Waals surface area contributed by atoms with Crippen molar-refractivity contribution in [3.63, 3.8) is 0 Å². The number of hydrogen-bond acceptors (Lipinski definition) is 3. The van der Waals surface area contributed by atoms with Crippen molar-refractivity contribution in [3.05, 3.63) is 0 Å². The Labute approximate surface area is 116 Å². The monoisotopic (exact) mass is 297 g/mol. The van der Waals surface area contributed by atoms with Gasteiger partial charge in [0.2, 0.25) is 0 Å². The number of nitrogens with one attached hydrogen (secondary N) is 1. The first-order valence-electron chi connectivity index (χ1n) is 6.82. The molecule has 20 heavy (non-hydrogen) atoms. The van der Waals surface area contributed by atoms with Gasteiger partial charge in [-0.25, -0.2) is 0 Å². The molecule has 118 valence electrons. The number of aliphatic carboxylic acids is 1. The van der Waals surface area contributed by atoms with Gasteiger partial charge in [-0.05, 0) is 33.1 Å². The van der Waals surface area contributed by atoms with Crippen molar-refractivity contribution in [1.29, 1.82) is 0 Å². The van der Waals surface area contributed by atoms with Gasteiger partial charge < -0.3 is 9.84 Å². The summed E-state index contributed by atoms with van der Waals surface area (Å²) < 4.78 is 41.2. The van der Waals surface area contributed by atoms with Gasteiger partial charge >= 0.3 is 12.1 Å². The number of halogens is 3. The molecular formula is C13H22F3NO3. The summed E-state index contributed by atoms with van der Waals surface area (Å²) in [5, 5.41) is 12.3. The van der Waals surface area contributed by atoms with E-state index in [1.807, 2.05) is 0 Å². The number of alkyl halides is 3. The van der Waals surface area contributed by atoms with Crippen molar-refractivity contribution < 1.29 is 27.8 Å². The standard InChI is InChI=1S/C13H22F3NO3/c1-9(20-7-3-6-13(14,15)16)8-12(2,11(18)19)17-10-4-5-10/h9-10,17H,3-8H2,1-2H3,(H,18,19). The minimum atomic E-state index is -4.17. The van der Waals surface area contributed by atoms with Crippen LogP contribution in [-0.4, -0.2) is 41.5 Å². The third-order valence-corrected chi connectivity index (χ3v) is 3.27. The first-order chi connectivity index (χ1) is 9.12.